The second kappa shape index (κ2) is 7.61. The number of hydrogen-bond acceptors (Lipinski definition) is 7. The molecule has 0 aromatic carbocycles. The maximum absolute atomic E-state index is 13.4. The molecule has 0 aliphatic carbocycles. The van der Waals surface area contributed by atoms with Gasteiger partial charge < -0.3 is 9.80 Å². The fourth-order valence-electron chi connectivity index (χ4n) is 3.15. The number of halogens is 3. The first kappa shape index (κ1) is 19.0. The lowest BCUT2D eigenvalue weighted by molar-refractivity contribution is -0.141. The first-order valence-corrected chi connectivity index (χ1v) is 9.06. The van der Waals surface area contributed by atoms with E-state index < -0.39 is 11.9 Å². The molecular weight excluding hydrogens is 383 g/mol. The van der Waals surface area contributed by atoms with E-state index >= 15 is 0 Å². The molecule has 1 saturated heterocycles. The topological polar surface area (TPSA) is 70.9 Å². The minimum Gasteiger partial charge on any atom is -0.353 e. The molecule has 0 bridgehead atoms. The summed E-state index contributed by atoms with van der Waals surface area (Å²) in [4.78, 5) is 24.5. The minimum atomic E-state index is -4.56. The average Bonchev–Trinajstić information content (AvgIpc) is 2.73. The zero-order chi connectivity index (χ0) is 20.4. The molecule has 4 rings (SSSR count). The quantitative estimate of drug-likeness (QED) is 0.668. The zero-order valence-electron chi connectivity index (χ0n) is 15.6. The highest BCUT2D eigenvalue weighted by atomic mass is 19.4. The summed E-state index contributed by atoms with van der Waals surface area (Å²) in [7, 11) is 0. The lowest BCUT2D eigenvalue weighted by atomic mass is 10.2. The highest BCUT2D eigenvalue weighted by Gasteiger charge is 2.34. The van der Waals surface area contributed by atoms with E-state index in [2.05, 4.69) is 29.8 Å². The van der Waals surface area contributed by atoms with Crippen LogP contribution in [-0.4, -0.2) is 51.1 Å². The van der Waals surface area contributed by atoms with Crippen molar-refractivity contribution in [3.8, 4) is 11.4 Å². The van der Waals surface area contributed by atoms with E-state index in [1.807, 2.05) is 17.9 Å². The van der Waals surface area contributed by atoms with Gasteiger partial charge in [0.15, 0.2) is 11.5 Å². The molecule has 10 heteroatoms. The van der Waals surface area contributed by atoms with Crippen molar-refractivity contribution in [1.29, 1.82) is 0 Å². The van der Waals surface area contributed by atoms with Gasteiger partial charge in [-0.25, -0.2) is 19.9 Å². The Kier molecular flexibility index (Phi) is 4.99. The van der Waals surface area contributed by atoms with Crippen LogP contribution in [0.3, 0.4) is 0 Å². The lowest BCUT2D eigenvalue weighted by Gasteiger charge is -2.36. The molecule has 0 radical (unpaired) electrons. The van der Waals surface area contributed by atoms with E-state index in [0.717, 1.165) is 11.9 Å². The van der Waals surface area contributed by atoms with Crippen molar-refractivity contribution >= 4 is 11.6 Å². The Morgan fingerprint density at radius 3 is 2.24 bits per heavy atom. The van der Waals surface area contributed by atoms with E-state index in [4.69, 9.17) is 0 Å². The van der Waals surface area contributed by atoms with E-state index in [1.54, 1.807) is 24.5 Å². The van der Waals surface area contributed by atoms with E-state index in [9.17, 15) is 13.2 Å². The maximum atomic E-state index is 13.4. The Balaban J connectivity index is 1.60. The van der Waals surface area contributed by atoms with Crippen molar-refractivity contribution in [2.24, 2.45) is 0 Å². The summed E-state index contributed by atoms with van der Waals surface area (Å²) in [5, 5.41) is 0. The summed E-state index contributed by atoms with van der Waals surface area (Å²) < 4.78 is 40.2. The monoisotopic (exact) mass is 401 g/mol. The number of alkyl halides is 3. The fourth-order valence-corrected chi connectivity index (χ4v) is 3.15. The first-order valence-electron chi connectivity index (χ1n) is 9.06. The molecule has 0 unspecified atom stereocenters. The van der Waals surface area contributed by atoms with Gasteiger partial charge in [0.1, 0.15) is 17.5 Å². The minimum absolute atomic E-state index is 0.0109. The van der Waals surface area contributed by atoms with Gasteiger partial charge >= 0.3 is 6.18 Å². The van der Waals surface area contributed by atoms with Crippen LogP contribution in [0.25, 0.3) is 11.4 Å². The number of aromatic nitrogens is 5. The van der Waals surface area contributed by atoms with Gasteiger partial charge in [-0.05, 0) is 25.1 Å². The molecule has 0 amide bonds. The first-order chi connectivity index (χ1) is 13.9. The Morgan fingerprint density at radius 2 is 1.62 bits per heavy atom. The van der Waals surface area contributed by atoms with Crippen molar-refractivity contribution in [2.45, 2.75) is 13.1 Å². The molecule has 4 heterocycles. The van der Waals surface area contributed by atoms with Gasteiger partial charge in [-0.3, -0.25) is 4.98 Å². The summed E-state index contributed by atoms with van der Waals surface area (Å²) >= 11 is 0. The SMILES string of the molecule is Cc1nccc(N2CCN(c3cc(C(F)(F)F)nc(-c4cccnc4)n3)CC2)n1. The van der Waals surface area contributed by atoms with Crippen LogP contribution < -0.4 is 9.80 Å². The van der Waals surface area contributed by atoms with Gasteiger partial charge in [0.2, 0.25) is 0 Å². The third-order valence-electron chi connectivity index (χ3n) is 4.61. The summed E-state index contributed by atoms with van der Waals surface area (Å²) in [6, 6.07) is 6.11. The predicted molar refractivity (Wildman–Crippen MR) is 101 cm³/mol. The molecule has 1 aliphatic heterocycles. The van der Waals surface area contributed by atoms with Crippen LogP contribution in [0, 0.1) is 6.92 Å². The summed E-state index contributed by atoms with van der Waals surface area (Å²) in [5.74, 6) is 1.75. The number of pyridine rings is 1. The number of piperazine rings is 1. The fraction of sp³-hybridized carbons (Fsp3) is 0.316. The van der Waals surface area contributed by atoms with E-state index in [-0.39, 0.29) is 11.6 Å². The van der Waals surface area contributed by atoms with Crippen LogP contribution >= 0.6 is 0 Å². The Labute approximate surface area is 165 Å². The van der Waals surface area contributed by atoms with Crippen molar-refractivity contribution in [1.82, 2.24) is 24.9 Å². The molecule has 150 valence electrons. The zero-order valence-corrected chi connectivity index (χ0v) is 15.6. The number of aryl methyl sites for hydroxylation is 1. The van der Waals surface area contributed by atoms with Gasteiger partial charge in [-0.15, -0.1) is 0 Å². The van der Waals surface area contributed by atoms with Gasteiger partial charge in [-0.1, -0.05) is 0 Å². The largest absolute Gasteiger partial charge is 0.433 e. The predicted octanol–water partition coefficient (Wildman–Crippen LogP) is 2.98. The molecule has 29 heavy (non-hydrogen) atoms. The molecule has 0 N–H and O–H groups in total. The van der Waals surface area contributed by atoms with E-state index in [0.29, 0.717) is 37.6 Å². The van der Waals surface area contributed by atoms with Crippen LogP contribution in [0.1, 0.15) is 11.5 Å². The third-order valence-corrected chi connectivity index (χ3v) is 4.61. The van der Waals surface area contributed by atoms with Crippen LogP contribution in [0.15, 0.2) is 42.9 Å². The smallest absolute Gasteiger partial charge is 0.353 e. The molecule has 1 aliphatic rings. The number of anilines is 2. The van der Waals surface area contributed by atoms with Gasteiger partial charge in [0.05, 0.1) is 0 Å². The summed E-state index contributed by atoms with van der Waals surface area (Å²) in [6.07, 6.45) is 0.139. The number of nitrogens with zero attached hydrogens (tertiary/aromatic N) is 7. The molecule has 1 fully saturated rings. The highest BCUT2D eigenvalue weighted by molar-refractivity contribution is 5.57. The molecule has 3 aromatic heterocycles. The van der Waals surface area contributed by atoms with Gasteiger partial charge in [0, 0.05) is 56.4 Å². The summed E-state index contributed by atoms with van der Waals surface area (Å²) in [5.41, 5.74) is -0.523. The molecule has 7 nitrogen and oxygen atoms in total. The maximum Gasteiger partial charge on any atom is 0.433 e. The molecule has 0 atom stereocenters. The third kappa shape index (κ3) is 4.25. The van der Waals surface area contributed by atoms with Crippen LogP contribution in [0.2, 0.25) is 0 Å². The van der Waals surface area contributed by atoms with Crippen molar-refractivity contribution < 1.29 is 13.2 Å². The highest BCUT2D eigenvalue weighted by Crippen LogP contribution is 2.32. The number of hydrogen-bond donors (Lipinski definition) is 0. The number of rotatable bonds is 3. The Morgan fingerprint density at radius 1 is 0.897 bits per heavy atom. The average molecular weight is 401 g/mol. The second-order valence-electron chi connectivity index (χ2n) is 6.61. The van der Waals surface area contributed by atoms with Crippen LogP contribution in [0.5, 0.6) is 0 Å². The van der Waals surface area contributed by atoms with Gasteiger partial charge in [0.25, 0.3) is 0 Å². The molecule has 0 saturated carbocycles. The Bertz CT molecular complexity index is 987. The van der Waals surface area contributed by atoms with Crippen molar-refractivity contribution in [3.63, 3.8) is 0 Å². The van der Waals surface area contributed by atoms with E-state index in [1.165, 1.54) is 6.20 Å². The van der Waals surface area contributed by atoms with Crippen LogP contribution in [-0.2, 0) is 6.18 Å². The standard InChI is InChI=1S/C19H18F3N7/c1-13-24-6-4-16(25-13)28-7-9-29(10-8-28)17-11-15(19(20,21)22)26-18(27-17)14-3-2-5-23-12-14/h2-6,11-12H,7-10H2,1H3. The molecule has 3 aromatic rings. The van der Waals surface area contributed by atoms with Crippen LogP contribution in [0.4, 0.5) is 24.8 Å². The van der Waals surface area contributed by atoms with Crippen molar-refractivity contribution in [3.05, 3.63) is 54.4 Å². The van der Waals surface area contributed by atoms with Gasteiger partial charge in [-0.2, -0.15) is 13.2 Å². The normalized spacial score (nSPS) is 14.9. The Hall–Kier alpha value is -3.30. The molecule has 0 spiro atoms. The second-order valence-corrected chi connectivity index (χ2v) is 6.61. The summed E-state index contributed by atoms with van der Waals surface area (Å²) in [6.45, 7) is 4.08. The molecular formula is C19H18F3N7. The lowest BCUT2D eigenvalue weighted by Crippen LogP contribution is -2.47. The van der Waals surface area contributed by atoms with Crippen molar-refractivity contribution in [2.75, 3.05) is 36.0 Å².